The molecule has 210 valence electrons. The van der Waals surface area contributed by atoms with Crippen LogP contribution in [0.4, 0.5) is 5.69 Å². The van der Waals surface area contributed by atoms with E-state index in [2.05, 4.69) is 10.6 Å². The maximum absolute atomic E-state index is 14.2. The Bertz CT molecular complexity index is 1060. The first kappa shape index (κ1) is 28.4. The van der Waals surface area contributed by atoms with E-state index < -0.39 is 35.1 Å². The number of fused-ring (bicyclic) bond motifs is 1. The molecule has 1 aromatic carbocycles. The fourth-order valence-corrected chi connectivity index (χ4v) is 6.97. The van der Waals surface area contributed by atoms with Gasteiger partial charge in [-0.1, -0.05) is 20.8 Å². The van der Waals surface area contributed by atoms with Crippen LogP contribution in [0.1, 0.15) is 61.3 Å². The number of aliphatic hydroxyl groups excluding tert-OH is 1. The van der Waals surface area contributed by atoms with E-state index in [1.807, 2.05) is 48.5 Å². The van der Waals surface area contributed by atoms with Gasteiger partial charge in [0.1, 0.15) is 17.4 Å². The molecule has 0 aliphatic carbocycles. The minimum absolute atomic E-state index is 0.0606. The topological polar surface area (TPSA) is 117 Å². The summed E-state index contributed by atoms with van der Waals surface area (Å²) in [4.78, 5) is 43.4. The summed E-state index contributed by atoms with van der Waals surface area (Å²) in [5, 5.41) is 16.3. The summed E-state index contributed by atoms with van der Waals surface area (Å²) in [5.41, 5.74) is -1.46. The Kier molecular flexibility index (Phi) is 7.83. The van der Waals surface area contributed by atoms with E-state index >= 15 is 0 Å². The molecule has 9 heteroatoms. The number of carbonyl (C=O) groups excluding carboxylic acids is 3. The number of ether oxygens (including phenoxy) is 2. The molecule has 9 nitrogen and oxygen atoms in total. The summed E-state index contributed by atoms with van der Waals surface area (Å²) < 4.78 is 12.2. The molecule has 0 aromatic heterocycles. The molecule has 38 heavy (non-hydrogen) atoms. The first-order valence-corrected chi connectivity index (χ1v) is 13.9. The normalized spacial score (nSPS) is 32.6. The smallest absolute Gasteiger partial charge is 0.246 e. The summed E-state index contributed by atoms with van der Waals surface area (Å²) in [7, 11) is 0. The zero-order valence-electron chi connectivity index (χ0n) is 23.6. The SMILES string of the molecule is CCOc1ccc(NC(=O)[C@H]2[C@H]3C(=O)N([C@@H](CO)CC(C)C)C(C(=O)NC(C)C)C34CC(C)[C@]2(C)O4)cc1. The van der Waals surface area contributed by atoms with Gasteiger partial charge in [-0.3, -0.25) is 14.4 Å². The second kappa shape index (κ2) is 10.5. The number of nitrogens with one attached hydrogen (secondary N) is 2. The van der Waals surface area contributed by atoms with E-state index in [-0.39, 0.29) is 42.2 Å². The lowest BCUT2D eigenvalue weighted by molar-refractivity contribution is -0.150. The number of carbonyl (C=O) groups is 3. The van der Waals surface area contributed by atoms with Crippen molar-refractivity contribution in [2.45, 2.75) is 90.6 Å². The molecule has 4 rings (SSSR count). The van der Waals surface area contributed by atoms with Gasteiger partial charge >= 0.3 is 0 Å². The molecule has 3 amide bonds. The Morgan fingerprint density at radius 2 is 1.84 bits per heavy atom. The van der Waals surface area contributed by atoms with E-state index in [9.17, 15) is 19.5 Å². The van der Waals surface area contributed by atoms with E-state index in [4.69, 9.17) is 9.47 Å². The number of amides is 3. The summed E-state index contributed by atoms with van der Waals surface area (Å²) in [6.07, 6.45) is 1.02. The first-order valence-electron chi connectivity index (χ1n) is 13.9. The van der Waals surface area contributed by atoms with Gasteiger partial charge in [0.05, 0.1) is 36.7 Å². The molecule has 3 aliphatic heterocycles. The van der Waals surface area contributed by atoms with Crippen molar-refractivity contribution in [3.8, 4) is 5.75 Å². The summed E-state index contributed by atoms with van der Waals surface area (Å²) in [6, 6.07) is 5.49. The zero-order valence-corrected chi connectivity index (χ0v) is 23.6. The van der Waals surface area contributed by atoms with Crippen molar-refractivity contribution in [1.29, 1.82) is 0 Å². The molecular weight excluding hydrogens is 486 g/mol. The van der Waals surface area contributed by atoms with Gasteiger partial charge in [-0.25, -0.2) is 0 Å². The highest BCUT2D eigenvalue weighted by Crippen LogP contribution is 2.65. The quantitative estimate of drug-likeness (QED) is 0.429. The Hall–Kier alpha value is -2.65. The van der Waals surface area contributed by atoms with Crippen molar-refractivity contribution >= 4 is 23.4 Å². The van der Waals surface area contributed by atoms with Crippen molar-refractivity contribution in [1.82, 2.24) is 10.2 Å². The van der Waals surface area contributed by atoms with Crippen LogP contribution in [-0.2, 0) is 19.1 Å². The highest BCUT2D eigenvalue weighted by atomic mass is 16.5. The van der Waals surface area contributed by atoms with Gasteiger partial charge in [-0.15, -0.1) is 0 Å². The van der Waals surface area contributed by atoms with Crippen molar-refractivity contribution in [3.63, 3.8) is 0 Å². The second-order valence-corrected chi connectivity index (χ2v) is 12.0. The molecule has 1 aromatic rings. The number of aliphatic hydroxyl groups is 1. The van der Waals surface area contributed by atoms with Crippen LogP contribution in [-0.4, -0.2) is 70.3 Å². The zero-order chi connectivity index (χ0) is 28.0. The van der Waals surface area contributed by atoms with E-state index in [0.717, 1.165) is 0 Å². The lowest BCUT2D eigenvalue weighted by Gasteiger charge is -2.37. The number of anilines is 1. The summed E-state index contributed by atoms with van der Waals surface area (Å²) in [5.74, 6) is -1.68. The van der Waals surface area contributed by atoms with Gasteiger partial charge in [0.15, 0.2) is 0 Å². The third kappa shape index (κ3) is 4.57. The van der Waals surface area contributed by atoms with Crippen LogP contribution in [0.5, 0.6) is 5.75 Å². The Balaban J connectivity index is 1.73. The Morgan fingerprint density at radius 3 is 2.39 bits per heavy atom. The fraction of sp³-hybridized carbons (Fsp3) is 0.690. The lowest BCUT2D eigenvalue weighted by atomic mass is 9.62. The van der Waals surface area contributed by atoms with Gasteiger partial charge in [-0.05, 0) is 76.6 Å². The molecule has 3 unspecified atom stereocenters. The maximum atomic E-state index is 14.2. The van der Waals surface area contributed by atoms with Gasteiger partial charge in [-0.2, -0.15) is 0 Å². The van der Waals surface area contributed by atoms with E-state index in [1.54, 1.807) is 24.3 Å². The maximum Gasteiger partial charge on any atom is 0.246 e. The average molecular weight is 530 g/mol. The van der Waals surface area contributed by atoms with Crippen LogP contribution < -0.4 is 15.4 Å². The molecule has 3 N–H and O–H groups in total. The summed E-state index contributed by atoms with van der Waals surface area (Å²) >= 11 is 0. The number of hydrogen-bond acceptors (Lipinski definition) is 6. The summed E-state index contributed by atoms with van der Waals surface area (Å²) in [6.45, 7) is 13.9. The molecular formula is C29H43N3O6. The molecule has 0 radical (unpaired) electrons. The number of hydrogen-bond donors (Lipinski definition) is 3. The second-order valence-electron chi connectivity index (χ2n) is 12.0. The highest BCUT2D eigenvalue weighted by Gasteiger charge is 2.80. The van der Waals surface area contributed by atoms with Crippen LogP contribution in [0, 0.1) is 23.7 Å². The van der Waals surface area contributed by atoms with Gasteiger partial charge < -0.3 is 30.1 Å². The fourth-order valence-electron chi connectivity index (χ4n) is 6.97. The Morgan fingerprint density at radius 1 is 1.18 bits per heavy atom. The number of nitrogens with zero attached hydrogens (tertiary/aromatic N) is 1. The minimum atomic E-state index is -1.14. The van der Waals surface area contributed by atoms with E-state index in [1.165, 1.54) is 4.90 Å². The molecule has 2 bridgehead atoms. The van der Waals surface area contributed by atoms with Crippen molar-refractivity contribution in [2.24, 2.45) is 23.7 Å². The number of benzene rings is 1. The van der Waals surface area contributed by atoms with Crippen molar-refractivity contribution in [2.75, 3.05) is 18.5 Å². The predicted molar refractivity (Wildman–Crippen MR) is 143 cm³/mol. The van der Waals surface area contributed by atoms with Crippen LogP contribution in [0.3, 0.4) is 0 Å². The van der Waals surface area contributed by atoms with E-state index in [0.29, 0.717) is 30.9 Å². The lowest BCUT2D eigenvalue weighted by Crippen LogP contribution is -2.59. The molecule has 3 aliphatic rings. The largest absolute Gasteiger partial charge is 0.494 e. The van der Waals surface area contributed by atoms with Gasteiger partial charge in [0.25, 0.3) is 0 Å². The molecule has 3 heterocycles. The van der Waals surface area contributed by atoms with Crippen LogP contribution in [0.2, 0.25) is 0 Å². The van der Waals surface area contributed by atoms with Crippen LogP contribution >= 0.6 is 0 Å². The predicted octanol–water partition coefficient (Wildman–Crippen LogP) is 2.97. The monoisotopic (exact) mass is 529 g/mol. The van der Waals surface area contributed by atoms with Gasteiger partial charge in [0.2, 0.25) is 17.7 Å². The molecule has 3 saturated heterocycles. The number of rotatable bonds is 10. The minimum Gasteiger partial charge on any atom is -0.494 e. The molecule has 1 spiro atoms. The number of likely N-dealkylation sites (tertiary alicyclic amines) is 1. The molecule has 0 saturated carbocycles. The Labute approximate surface area is 225 Å². The molecule has 7 atom stereocenters. The highest BCUT2D eigenvalue weighted by molar-refractivity contribution is 6.02. The standard InChI is InChI=1S/C29H43N3O6/c1-8-37-21-11-9-19(10-12-21)31-25(34)22-23-27(36)32(20(15-33)13-16(2)3)24(26(35)30-17(4)5)29(23)14-18(6)28(22,7)38-29/h9-12,16-18,20,22-24,33H,8,13-15H2,1-7H3,(H,30,35)(H,31,34)/t18?,20-,22-,23+,24?,28+,29?/m1/s1. The van der Waals surface area contributed by atoms with Crippen molar-refractivity contribution < 1.29 is 29.0 Å². The van der Waals surface area contributed by atoms with Crippen molar-refractivity contribution in [3.05, 3.63) is 24.3 Å². The average Bonchev–Trinajstić information content (AvgIpc) is 3.35. The van der Waals surface area contributed by atoms with Crippen LogP contribution in [0.25, 0.3) is 0 Å². The third-order valence-electron chi connectivity index (χ3n) is 8.49. The first-order chi connectivity index (χ1) is 17.9. The molecule has 3 fully saturated rings. The van der Waals surface area contributed by atoms with Gasteiger partial charge in [0, 0.05) is 11.7 Å². The third-order valence-corrected chi connectivity index (χ3v) is 8.49. The van der Waals surface area contributed by atoms with Crippen LogP contribution in [0.15, 0.2) is 24.3 Å².